The highest BCUT2D eigenvalue weighted by molar-refractivity contribution is 6.02. The molecule has 1 fully saturated rings. The minimum absolute atomic E-state index is 0.125. The molecule has 2 rings (SSSR count). The second-order valence-electron chi connectivity index (χ2n) is 7.01. The number of hydrogen-bond acceptors (Lipinski definition) is 4. The van der Waals surface area contributed by atoms with E-state index in [9.17, 15) is 19.2 Å². The predicted octanol–water partition coefficient (Wildman–Crippen LogP) is 2.51. The molecule has 6 nitrogen and oxygen atoms in total. The van der Waals surface area contributed by atoms with Crippen LogP contribution >= 0.6 is 0 Å². The van der Waals surface area contributed by atoms with E-state index >= 15 is 0 Å². The van der Waals surface area contributed by atoms with Crippen LogP contribution in [0.1, 0.15) is 69.8 Å². The fourth-order valence-electron chi connectivity index (χ4n) is 3.39. The molecular weight excluding hydrogens is 320 g/mol. The van der Waals surface area contributed by atoms with Crippen molar-refractivity contribution in [3.05, 3.63) is 32.6 Å². The number of ketones is 2. The number of H-pyrrole nitrogens is 1. The Morgan fingerprint density at radius 3 is 2.60 bits per heavy atom. The van der Waals surface area contributed by atoms with E-state index in [1.54, 1.807) is 13.1 Å². The molecule has 1 N–H and O–H groups in total. The maximum atomic E-state index is 12.1. The van der Waals surface area contributed by atoms with E-state index in [1.165, 1.54) is 4.57 Å². The Kier molecular flexibility index (Phi) is 7.34. The maximum Gasteiger partial charge on any atom is 0.328 e. The highest BCUT2D eigenvalue weighted by atomic mass is 16.2. The molecule has 1 aromatic heterocycles. The lowest BCUT2D eigenvalue weighted by atomic mass is 9.83. The van der Waals surface area contributed by atoms with Gasteiger partial charge in [0.1, 0.15) is 11.6 Å². The van der Waals surface area contributed by atoms with Gasteiger partial charge in [-0.1, -0.05) is 25.7 Å². The van der Waals surface area contributed by atoms with Gasteiger partial charge in [-0.2, -0.15) is 0 Å². The second kappa shape index (κ2) is 9.49. The molecule has 0 radical (unpaired) electrons. The number of rotatable bonds is 9. The van der Waals surface area contributed by atoms with Crippen molar-refractivity contribution in [3.63, 3.8) is 0 Å². The highest BCUT2D eigenvalue weighted by Crippen LogP contribution is 2.23. The number of nitrogens with zero attached hydrogens (tertiary/aromatic N) is 1. The van der Waals surface area contributed by atoms with Crippen molar-refractivity contribution < 1.29 is 9.59 Å². The van der Waals surface area contributed by atoms with Gasteiger partial charge in [0.05, 0.1) is 5.92 Å². The Labute approximate surface area is 147 Å². The number of Topliss-reactive ketones (excluding diaryl/α,β-unsaturated/α-hetero) is 2. The van der Waals surface area contributed by atoms with Crippen molar-refractivity contribution in [3.8, 4) is 0 Å². The molecule has 6 heteroatoms. The predicted molar refractivity (Wildman–Crippen MR) is 95.7 cm³/mol. The van der Waals surface area contributed by atoms with Crippen LogP contribution in [-0.4, -0.2) is 21.1 Å². The molecule has 1 unspecified atom stereocenters. The van der Waals surface area contributed by atoms with E-state index in [0.717, 1.165) is 51.4 Å². The molecule has 25 heavy (non-hydrogen) atoms. The summed E-state index contributed by atoms with van der Waals surface area (Å²) in [7, 11) is 0. The minimum Gasteiger partial charge on any atom is -0.300 e. The first kappa shape index (κ1) is 19.3. The molecule has 138 valence electrons. The first-order valence-corrected chi connectivity index (χ1v) is 9.35. The Bertz CT molecular complexity index is 717. The lowest BCUT2D eigenvalue weighted by Crippen LogP contribution is -2.30. The third-order valence-corrected chi connectivity index (χ3v) is 4.95. The normalized spacial score (nSPS) is 17.6. The number of aromatic amines is 1. The van der Waals surface area contributed by atoms with Gasteiger partial charge in [-0.25, -0.2) is 4.79 Å². The summed E-state index contributed by atoms with van der Waals surface area (Å²) in [4.78, 5) is 49.1. The quantitative estimate of drug-likeness (QED) is 0.548. The van der Waals surface area contributed by atoms with Crippen molar-refractivity contribution in [1.29, 1.82) is 0 Å². The zero-order valence-electron chi connectivity index (χ0n) is 15.0. The van der Waals surface area contributed by atoms with Crippen LogP contribution in [0.25, 0.3) is 0 Å². The van der Waals surface area contributed by atoms with E-state index in [1.807, 2.05) is 0 Å². The number of aromatic nitrogens is 2. The minimum atomic E-state index is -0.363. The number of hydrogen-bond donors (Lipinski definition) is 1. The molecule has 1 aliphatic carbocycles. The molecule has 0 aliphatic heterocycles. The van der Waals surface area contributed by atoms with Gasteiger partial charge < -0.3 is 4.57 Å². The molecule has 1 saturated carbocycles. The average Bonchev–Trinajstić information content (AvgIpc) is 2.58. The molecule has 1 atom stereocenters. The number of aryl methyl sites for hydroxylation is 2. The molecule has 1 aromatic rings. The van der Waals surface area contributed by atoms with Crippen molar-refractivity contribution >= 4 is 11.6 Å². The lowest BCUT2D eigenvalue weighted by Gasteiger charge is -2.19. The van der Waals surface area contributed by atoms with E-state index in [0.29, 0.717) is 24.9 Å². The van der Waals surface area contributed by atoms with Crippen LogP contribution in [0, 0.1) is 12.8 Å². The Balaban J connectivity index is 1.60. The fourth-order valence-corrected chi connectivity index (χ4v) is 3.39. The third kappa shape index (κ3) is 5.80. The van der Waals surface area contributed by atoms with Crippen molar-refractivity contribution in [1.82, 2.24) is 9.55 Å². The second-order valence-corrected chi connectivity index (χ2v) is 7.01. The van der Waals surface area contributed by atoms with E-state index in [-0.39, 0.29) is 28.7 Å². The Hall–Kier alpha value is -1.98. The van der Waals surface area contributed by atoms with Crippen molar-refractivity contribution in [2.75, 3.05) is 0 Å². The number of nitrogens with one attached hydrogen (secondary N) is 1. The first-order valence-electron chi connectivity index (χ1n) is 9.35. The lowest BCUT2D eigenvalue weighted by molar-refractivity contribution is -0.134. The zero-order chi connectivity index (χ0) is 18.2. The van der Waals surface area contributed by atoms with Crippen LogP contribution in [0.3, 0.4) is 0 Å². The van der Waals surface area contributed by atoms with Crippen LogP contribution in [-0.2, 0) is 16.1 Å². The van der Waals surface area contributed by atoms with Gasteiger partial charge in [0.2, 0.25) is 0 Å². The van der Waals surface area contributed by atoms with Crippen LogP contribution in [0.5, 0.6) is 0 Å². The van der Waals surface area contributed by atoms with Crippen LogP contribution in [0.15, 0.2) is 15.8 Å². The summed E-state index contributed by atoms with van der Waals surface area (Å²) in [5.74, 6) is -0.0676. The summed E-state index contributed by atoms with van der Waals surface area (Å²) in [5.41, 5.74) is -0.156. The van der Waals surface area contributed by atoms with Gasteiger partial charge in [-0.3, -0.25) is 19.4 Å². The SMILES string of the molecule is Cc1cn(CCCCCCCC(=O)C2CCCCC2=O)c(=O)[nH]c1=O. The van der Waals surface area contributed by atoms with Gasteiger partial charge >= 0.3 is 5.69 Å². The van der Waals surface area contributed by atoms with Crippen LogP contribution < -0.4 is 11.2 Å². The molecule has 0 saturated heterocycles. The van der Waals surface area contributed by atoms with Gasteiger partial charge in [-0.05, 0) is 32.6 Å². The van der Waals surface area contributed by atoms with Gasteiger partial charge in [-0.15, -0.1) is 0 Å². The van der Waals surface area contributed by atoms with Gasteiger partial charge in [0.25, 0.3) is 5.56 Å². The largest absolute Gasteiger partial charge is 0.328 e. The smallest absolute Gasteiger partial charge is 0.300 e. The Morgan fingerprint density at radius 1 is 1.12 bits per heavy atom. The summed E-state index contributed by atoms with van der Waals surface area (Å²) < 4.78 is 1.54. The standard InChI is InChI=1S/C19H28N2O4/c1-14-13-21(19(25)20-18(14)24)12-8-4-2-3-5-10-16(22)15-9-6-7-11-17(15)23/h13,15H,2-12H2,1H3,(H,20,24,25). The van der Waals surface area contributed by atoms with Gasteiger partial charge in [0, 0.05) is 31.1 Å². The fraction of sp³-hybridized carbons (Fsp3) is 0.684. The zero-order valence-corrected chi connectivity index (χ0v) is 15.0. The van der Waals surface area contributed by atoms with Crippen molar-refractivity contribution in [2.24, 2.45) is 5.92 Å². The monoisotopic (exact) mass is 348 g/mol. The van der Waals surface area contributed by atoms with E-state index < -0.39 is 0 Å². The van der Waals surface area contributed by atoms with E-state index in [4.69, 9.17) is 0 Å². The maximum absolute atomic E-state index is 12.1. The number of carbonyl (C=O) groups is 2. The molecule has 1 aliphatic rings. The molecule has 0 spiro atoms. The molecule has 0 bridgehead atoms. The van der Waals surface area contributed by atoms with E-state index in [2.05, 4.69) is 4.98 Å². The van der Waals surface area contributed by atoms with Gasteiger partial charge in [0.15, 0.2) is 0 Å². The molecule has 1 heterocycles. The summed E-state index contributed by atoms with van der Waals surface area (Å²) >= 11 is 0. The Morgan fingerprint density at radius 2 is 1.84 bits per heavy atom. The summed E-state index contributed by atoms with van der Waals surface area (Å²) in [6.07, 6.45) is 9.98. The summed E-state index contributed by atoms with van der Waals surface area (Å²) in [6, 6.07) is 0. The van der Waals surface area contributed by atoms with Crippen LogP contribution in [0.4, 0.5) is 0 Å². The molecule has 0 amide bonds. The summed E-state index contributed by atoms with van der Waals surface area (Å²) in [6.45, 7) is 2.27. The topological polar surface area (TPSA) is 89.0 Å². The average molecular weight is 348 g/mol. The molecule has 0 aromatic carbocycles. The van der Waals surface area contributed by atoms with Crippen molar-refractivity contribution in [2.45, 2.75) is 77.7 Å². The summed E-state index contributed by atoms with van der Waals surface area (Å²) in [5, 5.41) is 0. The number of carbonyl (C=O) groups excluding carboxylic acids is 2. The number of unbranched alkanes of at least 4 members (excludes halogenated alkanes) is 4. The van der Waals surface area contributed by atoms with Crippen LogP contribution in [0.2, 0.25) is 0 Å². The molecular formula is C19H28N2O4. The highest BCUT2D eigenvalue weighted by Gasteiger charge is 2.27. The third-order valence-electron chi connectivity index (χ3n) is 4.95. The first-order chi connectivity index (χ1) is 12.0.